The summed E-state index contributed by atoms with van der Waals surface area (Å²) in [5.74, 6) is -0.793. The molecule has 0 aliphatic rings. The van der Waals surface area contributed by atoms with Crippen LogP contribution in [0.25, 0.3) is 0 Å². The molecular formula is C18H17BrClNO3. The van der Waals surface area contributed by atoms with E-state index in [1.807, 2.05) is 31.2 Å². The fraction of sp³-hybridized carbons (Fsp3) is 0.222. The Morgan fingerprint density at radius 2 is 1.75 bits per heavy atom. The van der Waals surface area contributed by atoms with Crippen LogP contribution in [0, 0.1) is 0 Å². The van der Waals surface area contributed by atoms with E-state index >= 15 is 0 Å². The molecule has 4 nitrogen and oxygen atoms in total. The van der Waals surface area contributed by atoms with E-state index in [9.17, 15) is 9.59 Å². The molecule has 0 spiro atoms. The number of rotatable bonds is 6. The lowest BCUT2D eigenvalue weighted by Crippen LogP contribution is -2.31. The Kier molecular flexibility index (Phi) is 6.82. The summed E-state index contributed by atoms with van der Waals surface area (Å²) in [5, 5.41) is 3.40. The number of nitrogens with one attached hydrogen (secondary N) is 1. The number of hydrogen-bond donors (Lipinski definition) is 1. The first kappa shape index (κ1) is 18.5. The molecule has 1 unspecified atom stereocenters. The van der Waals surface area contributed by atoms with E-state index in [-0.39, 0.29) is 25.0 Å². The van der Waals surface area contributed by atoms with Gasteiger partial charge in [0.1, 0.15) is 0 Å². The molecule has 0 saturated carbocycles. The number of halogens is 2. The van der Waals surface area contributed by atoms with Gasteiger partial charge < -0.3 is 10.1 Å². The molecule has 1 amide bonds. The summed E-state index contributed by atoms with van der Waals surface area (Å²) in [6.45, 7) is 1.57. The minimum Gasteiger partial charge on any atom is -0.455 e. The maximum Gasteiger partial charge on any atom is 0.310 e. The average Bonchev–Trinajstić information content (AvgIpc) is 2.55. The molecule has 24 heavy (non-hydrogen) atoms. The van der Waals surface area contributed by atoms with E-state index in [0.29, 0.717) is 5.02 Å². The molecule has 0 aliphatic heterocycles. The molecule has 126 valence electrons. The van der Waals surface area contributed by atoms with Crippen LogP contribution in [-0.2, 0) is 20.7 Å². The molecule has 0 aromatic heterocycles. The summed E-state index contributed by atoms with van der Waals surface area (Å²) >= 11 is 9.15. The highest BCUT2D eigenvalue weighted by molar-refractivity contribution is 9.10. The van der Waals surface area contributed by atoms with Gasteiger partial charge in [0.15, 0.2) is 6.61 Å². The summed E-state index contributed by atoms with van der Waals surface area (Å²) in [5.41, 5.74) is 1.76. The van der Waals surface area contributed by atoms with Crippen LogP contribution in [0.15, 0.2) is 53.0 Å². The molecule has 2 rings (SSSR count). The number of hydrogen-bond acceptors (Lipinski definition) is 3. The highest BCUT2D eigenvalue weighted by Gasteiger charge is 2.12. The molecule has 0 fully saturated rings. The number of amides is 1. The average molecular weight is 411 g/mol. The lowest BCUT2D eigenvalue weighted by molar-refractivity contribution is -0.148. The van der Waals surface area contributed by atoms with Crippen molar-refractivity contribution < 1.29 is 14.3 Å². The Bertz CT molecular complexity index is 701. The lowest BCUT2D eigenvalue weighted by atomic mass is 10.1. The maximum atomic E-state index is 11.9. The SMILES string of the molecule is CC(NC(=O)COC(=O)Cc1ccc(Cl)cc1)c1ccc(Br)cc1. The minimum absolute atomic E-state index is 0.104. The van der Waals surface area contributed by atoms with Crippen molar-refractivity contribution in [2.45, 2.75) is 19.4 Å². The van der Waals surface area contributed by atoms with Gasteiger partial charge in [-0.3, -0.25) is 9.59 Å². The summed E-state index contributed by atoms with van der Waals surface area (Å²) in [6.07, 6.45) is 0.104. The van der Waals surface area contributed by atoms with Gasteiger partial charge in [-0.25, -0.2) is 0 Å². The van der Waals surface area contributed by atoms with Crippen molar-refractivity contribution >= 4 is 39.4 Å². The monoisotopic (exact) mass is 409 g/mol. The van der Waals surface area contributed by atoms with Crippen molar-refractivity contribution in [2.24, 2.45) is 0 Å². The molecule has 2 aromatic rings. The van der Waals surface area contributed by atoms with Crippen LogP contribution in [0.1, 0.15) is 24.1 Å². The Balaban J connectivity index is 1.76. The highest BCUT2D eigenvalue weighted by Crippen LogP contribution is 2.16. The van der Waals surface area contributed by atoms with Crippen LogP contribution in [0.2, 0.25) is 5.02 Å². The molecule has 0 bridgehead atoms. The minimum atomic E-state index is -0.455. The molecule has 0 aliphatic carbocycles. The largest absolute Gasteiger partial charge is 0.455 e. The van der Waals surface area contributed by atoms with Crippen LogP contribution in [0.4, 0.5) is 0 Å². The first-order valence-corrected chi connectivity index (χ1v) is 8.56. The normalized spacial score (nSPS) is 11.6. The quantitative estimate of drug-likeness (QED) is 0.731. The van der Waals surface area contributed by atoms with Crippen molar-refractivity contribution in [3.63, 3.8) is 0 Å². The van der Waals surface area contributed by atoms with Gasteiger partial charge in [-0.15, -0.1) is 0 Å². The van der Waals surface area contributed by atoms with Crippen LogP contribution in [0.3, 0.4) is 0 Å². The molecule has 0 radical (unpaired) electrons. The van der Waals surface area contributed by atoms with E-state index in [4.69, 9.17) is 16.3 Å². The summed E-state index contributed by atoms with van der Waals surface area (Å²) in [7, 11) is 0. The summed E-state index contributed by atoms with van der Waals surface area (Å²) in [4.78, 5) is 23.6. The second-order valence-corrected chi connectivity index (χ2v) is 6.66. The van der Waals surface area contributed by atoms with Gasteiger partial charge in [0.05, 0.1) is 12.5 Å². The number of esters is 1. The maximum absolute atomic E-state index is 11.9. The van der Waals surface area contributed by atoms with Crippen molar-refractivity contribution in [1.82, 2.24) is 5.32 Å². The van der Waals surface area contributed by atoms with E-state index in [1.165, 1.54) is 0 Å². The van der Waals surface area contributed by atoms with Crippen molar-refractivity contribution in [2.75, 3.05) is 6.61 Å². The lowest BCUT2D eigenvalue weighted by Gasteiger charge is -2.14. The van der Waals surface area contributed by atoms with E-state index in [2.05, 4.69) is 21.2 Å². The zero-order valence-electron chi connectivity index (χ0n) is 13.1. The molecular weight excluding hydrogens is 394 g/mol. The summed E-state index contributed by atoms with van der Waals surface area (Å²) < 4.78 is 5.98. The fourth-order valence-corrected chi connectivity index (χ4v) is 2.47. The van der Waals surface area contributed by atoms with Crippen LogP contribution >= 0.6 is 27.5 Å². The molecule has 0 heterocycles. The number of benzene rings is 2. The number of ether oxygens (including phenoxy) is 1. The zero-order valence-corrected chi connectivity index (χ0v) is 15.4. The number of carbonyl (C=O) groups excluding carboxylic acids is 2. The van der Waals surface area contributed by atoms with E-state index in [0.717, 1.165) is 15.6 Å². The van der Waals surface area contributed by atoms with Crippen LogP contribution < -0.4 is 5.32 Å². The predicted molar refractivity (Wildman–Crippen MR) is 96.8 cm³/mol. The zero-order chi connectivity index (χ0) is 17.5. The van der Waals surface area contributed by atoms with Gasteiger partial charge in [0.2, 0.25) is 0 Å². The van der Waals surface area contributed by atoms with Crippen molar-refractivity contribution in [3.8, 4) is 0 Å². The first-order valence-electron chi connectivity index (χ1n) is 7.39. The number of carbonyl (C=O) groups is 2. The second kappa shape index (κ2) is 8.85. The molecule has 6 heteroatoms. The Morgan fingerprint density at radius 1 is 1.12 bits per heavy atom. The topological polar surface area (TPSA) is 55.4 Å². The van der Waals surface area contributed by atoms with Gasteiger partial charge in [-0.05, 0) is 42.3 Å². The van der Waals surface area contributed by atoms with Gasteiger partial charge >= 0.3 is 5.97 Å². The van der Waals surface area contributed by atoms with Gasteiger partial charge in [-0.1, -0.05) is 51.8 Å². The second-order valence-electron chi connectivity index (χ2n) is 5.30. The smallest absolute Gasteiger partial charge is 0.310 e. The van der Waals surface area contributed by atoms with Crippen LogP contribution in [-0.4, -0.2) is 18.5 Å². The Morgan fingerprint density at radius 3 is 2.38 bits per heavy atom. The third-order valence-electron chi connectivity index (χ3n) is 3.37. The molecule has 0 saturated heterocycles. The van der Waals surface area contributed by atoms with Crippen molar-refractivity contribution in [3.05, 3.63) is 69.2 Å². The Labute approximate surface area is 154 Å². The molecule has 2 aromatic carbocycles. The van der Waals surface area contributed by atoms with Crippen LogP contribution in [0.5, 0.6) is 0 Å². The molecule has 1 atom stereocenters. The molecule has 1 N–H and O–H groups in total. The standard InChI is InChI=1S/C18H17BrClNO3/c1-12(14-4-6-15(19)7-5-14)21-17(22)11-24-18(23)10-13-2-8-16(20)9-3-13/h2-9,12H,10-11H2,1H3,(H,21,22). The predicted octanol–water partition coefficient (Wildman–Crippen LogP) is 4.07. The third-order valence-corrected chi connectivity index (χ3v) is 4.15. The van der Waals surface area contributed by atoms with Gasteiger partial charge in [0, 0.05) is 9.50 Å². The third kappa shape index (κ3) is 5.98. The van der Waals surface area contributed by atoms with Crippen molar-refractivity contribution in [1.29, 1.82) is 0 Å². The Hall–Kier alpha value is -1.85. The van der Waals surface area contributed by atoms with E-state index < -0.39 is 5.97 Å². The fourth-order valence-electron chi connectivity index (χ4n) is 2.08. The van der Waals surface area contributed by atoms with E-state index in [1.54, 1.807) is 24.3 Å². The highest BCUT2D eigenvalue weighted by atomic mass is 79.9. The summed E-state index contributed by atoms with van der Waals surface area (Å²) in [6, 6.07) is 14.4. The van der Waals surface area contributed by atoms with Gasteiger partial charge in [0.25, 0.3) is 5.91 Å². The van der Waals surface area contributed by atoms with Gasteiger partial charge in [-0.2, -0.15) is 0 Å². The first-order chi connectivity index (χ1) is 11.4.